The number of carbonyl (C=O) groups is 1. The maximum atomic E-state index is 12.9. The van der Waals surface area contributed by atoms with Gasteiger partial charge < -0.3 is 4.90 Å². The number of amides is 1. The first-order valence-electron chi connectivity index (χ1n) is 9.34. The lowest BCUT2D eigenvalue weighted by Crippen LogP contribution is -2.37. The predicted molar refractivity (Wildman–Crippen MR) is 108 cm³/mol. The van der Waals surface area contributed by atoms with Crippen LogP contribution in [0, 0.1) is 6.92 Å². The summed E-state index contributed by atoms with van der Waals surface area (Å²) < 4.78 is 27.2. The molecule has 1 aromatic carbocycles. The van der Waals surface area contributed by atoms with Gasteiger partial charge in [0.25, 0.3) is 0 Å². The Morgan fingerprint density at radius 2 is 1.85 bits per heavy atom. The molecule has 1 aliphatic rings. The molecular weight excluding hydrogens is 380 g/mol. The Morgan fingerprint density at radius 3 is 2.56 bits per heavy atom. The molecule has 0 N–H and O–H groups in total. The zero-order valence-corrected chi connectivity index (χ0v) is 17.3. The highest BCUT2D eigenvalue weighted by atomic mass is 32.2. The van der Waals surface area contributed by atoms with E-state index in [0.717, 1.165) is 18.4 Å². The van der Waals surface area contributed by atoms with Crippen LogP contribution in [0.1, 0.15) is 29.7 Å². The topological polar surface area (TPSA) is 57.7 Å². The summed E-state index contributed by atoms with van der Waals surface area (Å²) in [6.45, 7) is 3.83. The molecule has 5 nitrogen and oxygen atoms in total. The van der Waals surface area contributed by atoms with Crippen molar-refractivity contribution in [2.24, 2.45) is 0 Å². The third kappa shape index (κ3) is 5.18. The van der Waals surface area contributed by atoms with Crippen molar-refractivity contribution in [2.75, 3.05) is 26.2 Å². The Balaban J connectivity index is 1.54. The van der Waals surface area contributed by atoms with Gasteiger partial charge >= 0.3 is 0 Å². The van der Waals surface area contributed by atoms with Crippen molar-refractivity contribution in [1.82, 2.24) is 9.21 Å². The summed E-state index contributed by atoms with van der Waals surface area (Å²) in [4.78, 5) is 15.9. The van der Waals surface area contributed by atoms with E-state index >= 15 is 0 Å². The summed E-state index contributed by atoms with van der Waals surface area (Å²) in [5.41, 5.74) is 1.03. The van der Waals surface area contributed by atoms with Gasteiger partial charge in [0.2, 0.25) is 15.9 Å². The molecule has 0 radical (unpaired) electrons. The number of benzene rings is 1. The van der Waals surface area contributed by atoms with Gasteiger partial charge in [0.05, 0.1) is 4.90 Å². The Labute approximate surface area is 165 Å². The van der Waals surface area contributed by atoms with E-state index in [1.54, 1.807) is 23.5 Å². The standard InChI is InChI=1S/C20H26N2O3S2/c1-17-8-10-19(11-9-17)27(24,25)22-13-4-12-21(14-15-22)20(23)7-2-5-18-6-3-16-26-18/h3,6,8-11,16H,2,4-5,7,12-15H2,1H3. The average Bonchev–Trinajstić information content (AvgIpc) is 3.03. The van der Waals surface area contributed by atoms with Crippen molar-refractivity contribution in [3.05, 3.63) is 52.2 Å². The second kappa shape index (κ2) is 8.99. The maximum absolute atomic E-state index is 12.9. The molecule has 1 amide bonds. The third-order valence-electron chi connectivity index (χ3n) is 4.86. The molecule has 0 spiro atoms. The molecule has 27 heavy (non-hydrogen) atoms. The zero-order chi connectivity index (χ0) is 19.3. The number of carbonyl (C=O) groups excluding carboxylic acids is 1. The van der Waals surface area contributed by atoms with Crippen molar-refractivity contribution in [1.29, 1.82) is 0 Å². The van der Waals surface area contributed by atoms with Crippen LogP contribution in [0.4, 0.5) is 0 Å². The molecular formula is C20H26N2O3S2. The van der Waals surface area contributed by atoms with Crippen LogP contribution < -0.4 is 0 Å². The first-order chi connectivity index (χ1) is 13.0. The van der Waals surface area contributed by atoms with Gasteiger partial charge in [-0.25, -0.2) is 8.42 Å². The van der Waals surface area contributed by atoms with E-state index in [9.17, 15) is 13.2 Å². The molecule has 7 heteroatoms. The minimum Gasteiger partial charge on any atom is -0.341 e. The Hall–Kier alpha value is -1.70. The Bertz CT molecular complexity index is 846. The van der Waals surface area contributed by atoms with Crippen LogP contribution in [-0.2, 0) is 21.2 Å². The van der Waals surface area contributed by atoms with Gasteiger partial charge in [-0.05, 0) is 49.8 Å². The van der Waals surface area contributed by atoms with Crippen LogP contribution in [0.2, 0.25) is 0 Å². The molecule has 1 aromatic heterocycles. The van der Waals surface area contributed by atoms with Crippen molar-refractivity contribution >= 4 is 27.3 Å². The third-order valence-corrected chi connectivity index (χ3v) is 7.71. The minimum absolute atomic E-state index is 0.126. The van der Waals surface area contributed by atoms with Gasteiger partial charge in [0.1, 0.15) is 0 Å². The van der Waals surface area contributed by atoms with Gasteiger partial charge in [0.15, 0.2) is 0 Å². The highest BCUT2D eigenvalue weighted by molar-refractivity contribution is 7.89. The fourth-order valence-electron chi connectivity index (χ4n) is 3.27. The van der Waals surface area contributed by atoms with Crippen molar-refractivity contribution in [3.8, 4) is 0 Å². The second-order valence-electron chi connectivity index (χ2n) is 6.88. The van der Waals surface area contributed by atoms with Gasteiger partial charge in [-0.1, -0.05) is 23.8 Å². The van der Waals surface area contributed by atoms with E-state index in [1.807, 2.05) is 30.0 Å². The van der Waals surface area contributed by atoms with Crippen LogP contribution in [-0.4, -0.2) is 49.7 Å². The number of aryl methyl sites for hydroxylation is 2. The first kappa shape index (κ1) is 20.0. The molecule has 0 unspecified atom stereocenters. The summed E-state index contributed by atoms with van der Waals surface area (Å²) in [5, 5.41) is 2.05. The molecule has 2 aromatic rings. The van der Waals surface area contributed by atoms with Gasteiger partial charge in [0, 0.05) is 37.5 Å². The Morgan fingerprint density at radius 1 is 1.07 bits per heavy atom. The number of nitrogens with zero attached hydrogens (tertiary/aromatic N) is 2. The number of hydrogen-bond donors (Lipinski definition) is 0. The number of thiophene rings is 1. The molecule has 146 valence electrons. The maximum Gasteiger partial charge on any atom is 0.243 e. The second-order valence-corrected chi connectivity index (χ2v) is 9.85. The summed E-state index contributed by atoms with van der Waals surface area (Å²) in [6, 6.07) is 11.1. The van der Waals surface area contributed by atoms with E-state index in [2.05, 4.69) is 11.4 Å². The number of sulfonamides is 1. The van der Waals surface area contributed by atoms with E-state index in [-0.39, 0.29) is 5.91 Å². The Kier molecular flexibility index (Phi) is 6.68. The summed E-state index contributed by atoms with van der Waals surface area (Å²) >= 11 is 1.72. The van der Waals surface area contributed by atoms with Crippen molar-refractivity contribution in [2.45, 2.75) is 37.5 Å². The van der Waals surface area contributed by atoms with Crippen LogP contribution in [0.3, 0.4) is 0 Å². The lowest BCUT2D eigenvalue weighted by atomic mass is 10.2. The predicted octanol–water partition coefficient (Wildman–Crippen LogP) is 3.30. The highest BCUT2D eigenvalue weighted by Gasteiger charge is 2.28. The van der Waals surface area contributed by atoms with Crippen LogP contribution in [0.25, 0.3) is 0 Å². The average molecular weight is 407 g/mol. The highest BCUT2D eigenvalue weighted by Crippen LogP contribution is 2.19. The molecule has 2 heterocycles. The number of rotatable bonds is 6. The molecule has 1 aliphatic heterocycles. The van der Waals surface area contributed by atoms with Crippen LogP contribution >= 0.6 is 11.3 Å². The summed E-state index contributed by atoms with van der Waals surface area (Å²) in [7, 11) is -3.50. The van der Waals surface area contributed by atoms with E-state index in [1.165, 1.54) is 9.18 Å². The lowest BCUT2D eigenvalue weighted by molar-refractivity contribution is -0.131. The van der Waals surface area contributed by atoms with Gasteiger partial charge in [-0.2, -0.15) is 4.31 Å². The van der Waals surface area contributed by atoms with Crippen molar-refractivity contribution in [3.63, 3.8) is 0 Å². The van der Waals surface area contributed by atoms with Crippen LogP contribution in [0.15, 0.2) is 46.7 Å². The summed E-state index contributed by atoms with van der Waals surface area (Å²) in [5.74, 6) is 0.126. The molecule has 3 rings (SSSR count). The number of hydrogen-bond acceptors (Lipinski definition) is 4. The molecule has 1 fully saturated rings. The fraction of sp³-hybridized carbons (Fsp3) is 0.450. The minimum atomic E-state index is -3.50. The quantitative estimate of drug-likeness (QED) is 0.740. The van der Waals surface area contributed by atoms with Crippen LogP contribution in [0.5, 0.6) is 0 Å². The molecule has 0 atom stereocenters. The molecule has 0 bridgehead atoms. The van der Waals surface area contributed by atoms with Crippen molar-refractivity contribution < 1.29 is 13.2 Å². The molecule has 1 saturated heterocycles. The first-order valence-corrected chi connectivity index (χ1v) is 11.7. The largest absolute Gasteiger partial charge is 0.341 e. The monoisotopic (exact) mass is 406 g/mol. The molecule has 0 saturated carbocycles. The van der Waals surface area contributed by atoms with E-state index in [4.69, 9.17) is 0 Å². The van der Waals surface area contributed by atoms with Gasteiger partial charge in [-0.3, -0.25) is 4.79 Å². The fourth-order valence-corrected chi connectivity index (χ4v) is 5.49. The lowest BCUT2D eigenvalue weighted by Gasteiger charge is -2.22. The zero-order valence-electron chi connectivity index (χ0n) is 15.6. The van der Waals surface area contributed by atoms with Gasteiger partial charge in [-0.15, -0.1) is 11.3 Å². The van der Waals surface area contributed by atoms with E-state index in [0.29, 0.717) is 43.9 Å². The smallest absolute Gasteiger partial charge is 0.243 e. The normalized spacial score (nSPS) is 16.3. The summed E-state index contributed by atoms with van der Waals surface area (Å²) in [6.07, 6.45) is 2.94. The molecule has 0 aliphatic carbocycles. The SMILES string of the molecule is Cc1ccc(S(=O)(=O)N2CCCN(C(=O)CCCc3cccs3)CC2)cc1. The van der Waals surface area contributed by atoms with E-state index < -0.39 is 10.0 Å².